The highest BCUT2D eigenvalue weighted by Gasteiger charge is 2.33. The Hall–Kier alpha value is -2.49. The number of carbonyl (C=O) groups is 2. The maximum atomic E-state index is 15.0. The second-order valence-electron chi connectivity index (χ2n) is 5.44. The number of hydrogen-bond donors (Lipinski definition) is 1. The molecule has 0 aliphatic rings. The minimum Gasteiger partial charge on any atom is -0.462 e. The number of anilines is 1. The number of halogens is 2. The summed E-state index contributed by atoms with van der Waals surface area (Å²) in [7, 11) is 0. The number of carbonyl (C=O) groups excluding carboxylic acids is 2. The van der Waals surface area contributed by atoms with Crippen molar-refractivity contribution < 1.29 is 23.5 Å². The first-order valence-electron chi connectivity index (χ1n) is 7.30. The molecule has 2 rings (SSSR count). The number of esters is 2. The molecule has 0 atom stereocenters. The summed E-state index contributed by atoms with van der Waals surface area (Å²) in [5.41, 5.74) is 4.18. The lowest BCUT2D eigenvalue weighted by Crippen LogP contribution is -2.37. The molecular formula is C14H17ClFN5O4. The molecule has 0 unspecified atom stereocenters. The summed E-state index contributed by atoms with van der Waals surface area (Å²) >= 11 is 5.94. The summed E-state index contributed by atoms with van der Waals surface area (Å²) in [5, 5.41) is 0.0904. The van der Waals surface area contributed by atoms with Crippen molar-refractivity contribution in [2.24, 2.45) is 0 Å². The van der Waals surface area contributed by atoms with E-state index in [1.54, 1.807) is 0 Å². The predicted octanol–water partition coefficient (Wildman–Crippen LogP) is 1.29. The summed E-state index contributed by atoms with van der Waals surface area (Å²) in [6.45, 7) is 1.36. The van der Waals surface area contributed by atoms with Gasteiger partial charge in [0, 0.05) is 26.8 Å². The Balaban J connectivity index is 2.16. The van der Waals surface area contributed by atoms with Gasteiger partial charge in [0.2, 0.25) is 5.95 Å². The second kappa shape index (κ2) is 7.60. The number of imidazole rings is 1. The van der Waals surface area contributed by atoms with E-state index in [0.717, 1.165) is 13.8 Å². The number of rotatable bonds is 7. The van der Waals surface area contributed by atoms with E-state index in [2.05, 4.69) is 15.0 Å². The van der Waals surface area contributed by atoms with Crippen molar-refractivity contribution in [3.05, 3.63) is 11.5 Å². The van der Waals surface area contributed by atoms with Gasteiger partial charge in [0.15, 0.2) is 16.5 Å². The van der Waals surface area contributed by atoms with Gasteiger partial charge in [0.05, 0.1) is 6.33 Å². The first-order valence-corrected chi connectivity index (χ1v) is 7.67. The maximum absolute atomic E-state index is 15.0. The maximum Gasteiger partial charge on any atom is 0.302 e. The van der Waals surface area contributed by atoms with Crippen LogP contribution in [0.15, 0.2) is 6.33 Å². The standard InChI is InChI=1S/C14H17ClFN5O4/c1-8(22)24-5-14(16,6-25-9(2)23)3-4-21-7-18-10-11(15)19-13(17)20-12(10)21/h7H,3-6H2,1-2H3,(H2,17,19,20). The van der Waals surface area contributed by atoms with Crippen LogP contribution in [0.4, 0.5) is 10.3 Å². The minimum atomic E-state index is -2.06. The highest BCUT2D eigenvalue weighted by atomic mass is 35.5. The number of hydrogen-bond acceptors (Lipinski definition) is 8. The van der Waals surface area contributed by atoms with Crippen LogP contribution < -0.4 is 5.73 Å². The van der Waals surface area contributed by atoms with E-state index in [0.29, 0.717) is 11.2 Å². The van der Waals surface area contributed by atoms with Crippen LogP contribution in [0, 0.1) is 0 Å². The number of nitrogens with two attached hydrogens (primary N) is 1. The van der Waals surface area contributed by atoms with Crippen LogP contribution in [0.25, 0.3) is 11.2 Å². The van der Waals surface area contributed by atoms with Gasteiger partial charge in [-0.05, 0) is 0 Å². The van der Waals surface area contributed by atoms with Crippen molar-refractivity contribution in [3.63, 3.8) is 0 Å². The average Bonchev–Trinajstić information content (AvgIpc) is 2.92. The summed E-state index contributed by atoms with van der Waals surface area (Å²) in [6.07, 6.45) is 1.29. The Morgan fingerprint density at radius 2 is 1.88 bits per heavy atom. The molecule has 9 nitrogen and oxygen atoms in total. The van der Waals surface area contributed by atoms with Gasteiger partial charge in [-0.1, -0.05) is 11.6 Å². The van der Waals surface area contributed by atoms with Crippen molar-refractivity contribution in [3.8, 4) is 0 Å². The fourth-order valence-electron chi connectivity index (χ4n) is 2.06. The number of nitrogens with zero attached hydrogens (tertiary/aromatic N) is 4. The lowest BCUT2D eigenvalue weighted by atomic mass is 10.0. The van der Waals surface area contributed by atoms with E-state index in [4.69, 9.17) is 26.8 Å². The van der Waals surface area contributed by atoms with Gasteiger partial charge in [-0.3, -0.25) is 9.59 Å². The second-order valence-corrected chi connectivity index (χ2v) is 5.80. The zero-order valence-electron chi connectivity index (χ0n) is 13.7. The number of aryl methyl sites for hydroxylation is 1. The van der Waals surface area contributed by atoms with E-state index in [1.165, 1.54) is 10.9 Å². The molecule has 0 aromatic carbocycles. The quantitative estimate of drug-likeness (QED) is 0.569. The van der Waals surface area contributed by atoms with Gasteiger partial charge >= 0.3 is 11.9 Å². The molecule has 2 N–H and O–H groups in total. The molecule has 0 radical (unpaired) electrons. The third-order valence-corrected chi connectivity index (χ3v) is 3.57. The van der Waals surface area contributed by atoms with Crippen molar-refractivity contribution in [1.29, 1.82) is 0 Å². The first-order chi connectivity index (χ1) is 11.7. The normalized spacial score (nSPS) is 11.5. The highest BCUT2D eigenvalue weighted by molar-refractivity contribution is 6.33. The van der Waals surface area contributed by atoms with Crippen molar-refractivity contribution >= 4 is 40.7 Å². The zero-order chi connectivity index (χ0) is 18.6. The van der Waals surface area contributed by atoms with E-state index >= 15 is 0 Å². The third kappa shape index (κ3) is 4.99. The molecule has 0 saturated carbocycles. The molecule has 25 heavy (non-hydrogen) atoms. The van der Waals surface area contributed by atoms with E-state index in [-0.39, 0.29) is 24.1 Å². The van der Waals surface area contributed by atoms with Crippen molar-refractivity contribution in [1.82, 2.24) is 19.5 Å². The molecule has 0 aliphatic heterocycles. The van der Waals surface area contributed by atoms with Gasteiger partial charge in [-0.25, -0.2) is 9.37 Å². The minimum absolute atomic E-state index is 0.0365. The Labute approximate surface area is 147 Å². The Bertz CT molecular complexity index is 779. The number of fused-ring (bicyclic) bond motifs is 1. The highest BCUT2D eigenvalue weighted by Crippen LogP contribution is 2.23. The fourth-order valence-corrected chi connectivity index (χ4v) is 2.28. The van der Waals surface area contributed by atoms with Gasteiger partial charge in [0.1, 0.15) is 18.7 Å². The molecule has 0 bridgehead atoms. The van der Waals surface area contributed by atoms with E-state index in [1.807, 2.05) is 0 Å². The lowest BCUT2D eigenvalue weighted by Gasteiger charge is -2.24. The summed E-state index contributed by atoms with van der Waals surface area (Å²) in [4.78, 5) is 33.8. The van der Waals surface area contributed by atoms with Crippen LogP contribution in [0.3, 0.4) is 0 Å². The van der Waals surface area contributed by atoms with Crippen LogP contribution in [0.1, 0.15) is 20.3 Å². The lowest BCUT2D eigenvalue weighted by molar-refractivity contribution is -0.153. The number of aromatic nitrogens is 4. The number of nitrogen functional groups attached to an aromatic ring is 1. The van der Waals surface area contributed by atoms with Gasteiger partial charge < -0.3 is 19.8 Å². The van der Waals surface area contributed by atoms with Gasteiger partial charge in [0.25, 0.3) is 0 Å². The summed E-state index contributed by atoms with van der Waals surface area (Å²) < 4.78 is 26.0. The molecule has 11 heteroatoms. The number of alkyl halides is 1. The largest absolute Gasteiger partial charge is 0.462 e. The molecule has 136 valence electrons. The monoisotopic (exact) mass is 373 g/mol. The first kappa shape index (κ1) is 18.8. The third-order valence-electron chi connectivity index (χ3n) is 3.31. The average molecular weight is 374 g/mol. The van der Waals surface area contributed by atoms with Crippen molar-refractivity contribution in [2.75, 3.05) is 18.9 Å². The zero-order valence-corrected chi connectivity index (χ0v) is 14.4. The van der Waals surface area contributed by atoms with E-state index in [9.17, 15) is 14.0 Å². The predicted molar refractivity (Wildman–Crippen MR) is 86.5 cm³/mol. The topological polar surface area (TPSA) is 122 Å². The molecular weight excluding hydrogens is 357 g/mol. The molecule has 0 amide bonds. The van der Waals surface area contributed by atoms with Gasteiger partial charge in [-0.15, -0.1) is 0 Å². The Morgan fingerprint density at radius 3 is 2.44 bits per heavy atom. The van der Waals surface area contributed by atoms with E-state index < -0.39 is 30.8 Å². The van der Waals surface area contributed by atoms with Crippen LogP contribution in [-0.2, 0) is 25.6 Å². The van der Waals surface area contributed by atoms with Crippen LogP contribution in [0.2, 0.25) is 5.15 Å². The Morgan fingerprint density at radius 1 is 1.28 bits per heavy atom. The van der Waals surface area contributed by atoms with Crippen LogP contribution >= 0.6 is 11.6 Å². The molecule has 2 aromatic heterocycles. The fraction of sp³-hybridized carbons (Fsp3) is 0.500. The number of ether oxygens (including phenoxy) is 2. The SMILES string of the molecule is CC(=O)OCC(F)(CCn1cnc2c(Cl)nc(N)nc21)COC(C)=O. The summed E-state index contributed by atoms with van der Waals surface area (Å²) in [5.74, 6) is -1.30. The Kier molecular flexibility index (Phi) is 5.73. The molecule has 2 aromatic rings. The van der Waals surface area contributed by atoms with Gasteiger partial charge in [-0.2, -0.15) is 9.97 Å². The van der Waals surface area contributed by atoms with Crippen LogP contribution in [-0.4, -0.2) is 50.3 Å². The van der Waals surface area contributed by atoms with Crippen molar-refractivity contribution in [2.45, 2.75) is 32.5 Å². The molecule has 0 spiro atoms. The molecule has 0 fully saturated rings. The molecule has 0 aliphatic carbocycles. The smallest absolute Gasteiger partial charge is 0.302 e. The molecule has 0 saturated heterocycles. The van der Waals surface area contributed by atoms with Crippen LogP contribution in [0.5, 0.6) is 0 Å². The summed E-state index contributed by atoms with van der Waals surface area (Å²) in [6, 6.07) is 0. The molecule has 2 heterocycles.